The second-order valence-corrected chi connectivity index (χ2v) is 4.51. The summed E-state index contributed by atoms with van der Waals surface area (Å²) in [5.41, 5.74) is 0.0319. The van der Waals surface area contributed by atoms with E-state index in [1.807, 2.05) is 0 Å². The number of aliphatic carboxylic acids is 1. The number of amides is 2. The molecule has 1 aromatic rings. The number of rotatable bonds is 5. The van der Waals surface area contributed by atoms with E-state index in [4.69, 9.17) is 10.2 Å². The monoisotopic (exact) mass is 280 g/mol. The molecular formula is C13H16N2O5. The Labute approximate surface area is 115 Å². The van der Waals surface area contributed by atoms with Crippen molar-refractivity contribution in [2.45, 2.75) is 19.9 Å². The highest BCUT2D eigenvalue weighted by Crippen LogP contribution is 2.14. The van der Waals surface area contributed by atoms with Gasteiger partial charge in [-0.3, -0.25) is 0 Å². The molecule has 0 heterocycles. The Balaban J connectivity index is 2.81. The summed E-state index contributed by atoms with van der Waals surface area (Å²) in [5.74, 6) is -2.63. The van der Waals surface area contributed by atoms with Gasteiger partial charge in [-0.1, -0.05) is 26.0 Å². The molecule has 1 rings (SSSR count). The smallest absolute Gasteiger partial charge is 0.337 e. The first-order chi connectivity index (χ1) is 9.32. The number of nitrogens with one attached hydrogen (secondary N) is 2. The summed E-state index contributed by atoms with van der Waals surface area (Å²) in [6.45, 7) is 3.31. The minimum Gasteiger partial charge on any atom is -0.480 e. The number of anilines is 1. The maximum absolute atomic E-state index is 11.7. The van der Waals surface area contributed by atoms with E-state index in [2.05, 4.69) is 10.6 Å². The lowest BCUT2D eigenvalue weighted by Crippen LogP contribution is -2.46. The third-order valence-electron chi connectivity index (χ3n) is 2.62. The van der Waals surface area contributed by atoms with Crippen LogP contribution in [0.3, 0.4) is 0 Å². The average molecular weight is 280 g/mol. The van der Waals surface area contributed by atoms with Gasteiger partial charge >= 0.3 is 18.0 Å². The van der Waals surface area contributed by atoms with E-state index in [9.17, 15) is 14.4 Å². The average Bonchev–Trinajstić information content (AvgIpc) is 2.35. The van der Waals surface area contributed by atoms with Crippen molar-refractivity contribution >= 4 is 23.7 Å². The molecule has 1 atom stereocenters. The van der Waals surface area contributed by atoms with Gasteiger partial charge in [0.25, 0.3) is 0 Å². The van der Waals surface area contributed by atoms with Gasteiger partial charge in [0.15, 0.2) is 0 Å². The SMILES string of the molecule is CC(C)[C@@H](NC(=O)Nc1ccccc1C(=O)O)C(=O)O. The number of hydrogen-bond donors (Lipinski definition) is 4. The van der Waals surface area contributed by atoms with E-state index in [0.29, 0.717) is 0 Å². The van der Waals surface area contributed by atoms with Crippen LogP contribution in [0, 0.1) is 5.92 Å². The molecular weight excluding hydrogens is 264 g/mol. The van der Waals surface area contributed by atoms with Gasteiger partial charge in [0.05, 0.1) is 11.3 Å². The Hall–Kier alpha value is -2.57. The molecule has 0 spiro atoms. The largest absolute Gasteiger partial charge is 0.480 e. The Bertz CT molecular complexity index is 527. The third-order valence-corrected chi connectivity index (χ3v) is 2.62. The zero-order valence-corrected chi connectivity index (χ0v) is 11.1. The molecule has 4 N–H and O–H groups in total. The predicted octanol–water partition coefficient (Wildman–Crippen LogP) is 1.62. The van der Waals surface area contributed by atoms with Crippen molar-refractivity contribution in [2.24, 2.45) is 5.92 Å². The number of carbonyl (C=O) groups is 3. The van der Waals surface area contributed by atoms with Gasteiger partial charge in [0.2, 0.25) is 0 Å². The second-order valence-electron chi connectivity index (χ2n) is 4.51. The summed E-state index contributed by atoms with van der Waals surface area (Å²) >= 11 is 0. The van der Waals surface area contributed by atoms with Gasteiger partial charge in [0, 0.05) is 0 Å². The number of carboxylic acid groups (broad SMARTS) is 2. The van der Waals surface area contributed by atoms with Crippen LogP contribution in [0.5, 0.6) is 0 Å². The molecule has 20 heavy (non-hydrogen) atoms. The highest BCUT2D eigenvalue weighted by atomic mass is 16.4. The van der Waals surface area contributed by atoms with Gasteiger partial charge in [-0.2, -0.15) is 0 Å². The maximum Gasteiger partial charge on any atom is 0.337 e. The van der Waals surface area contributed by atoms with Crippen molar-refractivity contribution in [2.75, 3.05) is 5.32 Å². The molecule has 0 aliphatic carbocycles. The lowest BCUT2D eigenvalue weighted by atomic mass is 10.1. The summed E-state index contributed by atoms with van der Waals surface area (Å²) in [6, 6.07) is 4.05. The van der Waals surface area contributed by atoms with Crippen molar-refractivity contribution in [3.8, 4) is 0 Å². The van der Waals surface area contributed by atoms with Crippen LogP contribution in [-0.4, -0.2) is 34.2 Å². The molecule has 0 aromatic heterocycles. The third kappa shape index (κ3) is 3.98. The molecule has 0 aliphatic heterocycles. The van der Waals surface area contributed by atoms with Crippen LogP contribution in [0.15, 0.2) is 24.3 Å². The second kappa shape index (κ2) is 6.55. The summed E-state index contributed by atoms with van der Waals surface area (Å²) in [4.78, 5) is 33.7. The van der Waals surface area contributed by atoms with Crippen molar-refractivity contribution < 1.29 is 24.6 Å². The standard InChI is InChI=1S/C13H16N2O5/c1-7(2)10(12(18)19)15-13(20)14-9-6-4-3-5-8(9)11(16)17/h3-7,10H,1-2H3,(H,16,17)(H,18,19)(H2,14,15,20)/t10-/m1/s1. The number of carboxylic acids is 2. The van der Waals surface area contributed by atoms with Crippen molar-refractivity contribution in [1.29, 1.82) is 0 Å². The van der Waals surface area contributed by atoms with E-state index in [1.54, 1.807) is 19.9 Å². The Morgan fingerprint density at radius 3 is 2.20 bits per heavy atom. The first-order valence-corrected chi connectivity index (χ1v) is 5.95. The molecule has 0 aliphatic rings. The van der Waals surface area contributed by atoms with E-state index >= 15 is 0 Å². The van der Waals surface area contributed by atoms with Crippen LogP contribution in [0.1, 0.15) is 24.2 Å². The number of hydrogen-bond acceptors (Lipinski definition) is 3. The van der Waals surface area contributed by atoms with Crippen molar-refractivity contribution in [3.05, 3.63) is 29.8 Å². The molecule has 2 amide bonds. The molecule has 1 aromatic carbocycles. The number of urea groups is 1. The molecule has 0 unspecified atom stereocenters. The quantitative estimate of drug-likeness (QED) is 0.654. The zero-order valence-electron chi connectivity index (χ0n) is 11.1. The molecule has 0 bridgehead atoms. The zero-order chi connectivity index (χ0) is 15.3. The van der Waals surface area contributed by atoms with E-state index in [1.165, 1.54) is 18.2 Å². The predicted molar refractivity (Wildman–Crippen MR) is 71.8 cm³/mol. The summed E-state index contributed by atoms with van der Waals surface area (Å²) in [5, 5.41) is 22.6. The summed E-state index contributed by atoms with van der Waals surface area (Å²) in [6.07, 6.45) is 0. The van der Waals surface area contributed by atoms with Crippen molar-refractivity contribution in [1.82, 2.24) is 5.32 Å². The van der Waals surface area contributed by atoms with Crippen LogP contribution >= 0.6 is 0 Å². The van der Waals surface area contributed by atoms with Crippen molar-refractivity contribution in [3.63, 3.8) is 0 Å². The fraction of sp³-hybridized carbons (Fsp3) is 0.308. The van der Waals surface area contributed by atoms with Crippen LogP contribution in [0.2, 0.25) is 0 Å². The number of aromatic carboxylic acids is 1. The highest BCUT2D eigenvalue weighted by molar-refractivity contribution is 6.00. The molecule has 0 saturated carbocycles. The van der Waals surface area contributed by atoms with E-state index in [-0.39, 0.29) is 17.2 Å². The van der Waals surface area contributed by atoms with Gasteiger partial charge < -0.3 is 20.8 Å². The minimum atomic E-state index is -1.18. The van der Waals surface area contributed by atoms with Crippen LogP contribution in [-0.2, 0) is 4.79 Å². The minimum absolute atomic E-state index is 0.0703. The van der Waals surface area contributed by atoms with Crippen LogP contribution in [0.4, 0.5) is 10.5 Å². The molecule has 7 nitrogen and oxygen atoms in total. The topological polar surface area (TPSA) is 116 Å². The number of benzene rings is 1. The van der Waals surface area contributed by atoms with Crippen LogP contribution in [0.25, 0.3) is 0 Å². The normalized spacial score (nSPS) is 11.8. The van der Waals surface area contributed by atoms with Gasteiger partial charge in [0.1, 0.15) is 6.04 Å². The first-order valence-electron chi connectivity index (χ1n) is 5.95. The molecule has 108 valence electrons. The Kier molecular flexibility index (Phi) is 5.08. The lowest BCUT2D eigenvalue weighted by molar-refractivity contribution is -0.140. The number of carbonyl (C=O) groups excluding carboxylic acids is 1. The molecule has 7 heteroatoms. The fourth-order valence-electron chi connectivity index (χ4n) is 1.59. The lowest BCUT2D eigenvalue weighted by Gasteiger charge is -2.18. The fourth-order valence-corrected chi connectivity index (χ4v) is 1.59. The summed E-state index contributed by atoms with van der Waals surface area (Å²) < 4.78 is 0. The van der Waals surface area contributed by atoms with E-state index in [0.717, 1.165) is 0 Å². The molecule has 0 saturated heterocycles. The highest BCUT2D eigenvalue weighted by Gasteiger charge is 2.23. The van der Waals surface area contributed by atoms with Crippen LogP contribution < -0.4 is 10.6 Å². The molecule has 0 fully saturated rings. The van der Waals surface area contributed by atoms with Gasteiger partial charge in [-0.15, -0.1) is 0 Å². The first kappa shape index (κ1) is 15.5. The number of para-hydroxylation sites is 1. The van der Waals surface area contributed by atoms with Gasteiger partial charge in [-0.25, -0.2) is 14.4 Å². The molecule has 0 radical (unpaired) electrons. The Morgan fingerprint density at radius 1 is 1.10 bits per heavy atom. The van der Waals surface area contributed by atoms with E-state index < -0.39 is 24.0 Å². The summed E-state index contributed by atoms with van der Waals surface area (Å²) in [7, 11) is 0. The maximum atomic E-state index is 11.7. The van der Waals surface area contributed by atoms with Gasteiger partial charge in [-0.05, 0) is 18.1 Å². The Morgan fingerprint density at radius 2 is 1.70 bits per heavy atom.